The number of allylic oxidation sites excluding steroid dienone is 1. The van der Waals surface area contributed by atoms with E-state index in [4.69, 9.17) is 9.47 Å². The summed E-state index contributed by atoms with van der Waals surface area (Å²) in [7, 11) is 1.60. The van der Waals surface area contributed by atoms with Gasteiger partial charge < -0.3 is 9.47 Å². The molecule has 0 aliphatic carbocycles. The predicted molar refractivity (Wildman–Crippen MR) is 65.7 cm³/mol. The predicted octanol–water partition coefficient (Wildman–Crippen LogP) is 2.69. The van der Waals surface area contributed by atoms with Gasteiger partial charge in [-0.25, -0.2) is 4.79 Å². The van der Waals surface area contributed by atoms with Gasteiger partial charge in [-0.15, -0.1) is 0 Å². The molecule has 3 nitrogen and oxygen atoms in total. The van der Waals surface area contributed by atoms with Crippen LogP contribution in [-0.4, -0.2) is 18.4 Å². The van der Waals surface area contributed by atoms with Crippen molar-refractivity contribution < 1.29 is 14.3 Å². The van der Waals surface area contributed by atoms with Crippen LogP contribution in [0.3, 0.4) is 0 Å². The normalized spacial score (nSPS) is 10.4. The maximum absolute atomic E-state index is 11.2. The summed E-state index contributed by atoms with van der Waals surface area (Å²) in [6, 6.07) is 7.41. The molecule has 0 aromatic heterocycles. The molecule has 0 saturated heterocycles. The second-order valence-electron chi connectivity index (χ2n) is 3.02. The Kier molecular flexibility index (Phi) is 5.64. The van der Waals surface area contributed by atoms with Crippen molar-refractivity contribution in [1.82, 2.24) is 0 Å². The number of halogens is 1. The Hall–Kier alpha value is -1.29. The van der Waals surface area contributed by atoms with Gasteiger partial charge in [0.05, 0.1) is 7.11 Å². The third-order valence-corrected chi connectivity index (χ3v) is 2.23. The Bertz CT molecular complexity index is 374. The van der Waals surface area contributed by atoms with Gasteiger partial charge in [-0.1, -0.05) is 34.1 Å². The summed E-state index contributed by atoms with van der Waals surface area (Å²) < 4.78 is 10.1. The molecule has 0 aliphatic rings. The highest BCUT2D eigenvalue weighted by molar-refractivity contribution is 9.09. The third-order valence-electron chi connectivity index (χ3n) is 1.86. The molecule has 4 heteroatoms. The smallest absolute Gasteiger partial charge is 0.330 e. The summed E-state index contributed by atoms with van der Waals surface area (Å²) in [6.07, 6.45) is 3.09. The van der Waals surface area contributed by atoms with Crippen LogP contribution in [0.15, 0.2) is 36.4 Å². The van der Waals surface area contributed by atoms with E-state index in [2.05, 4.69) is 15.9 Å². The average molecular weight is 285 g/mol. The number of alkyl halides is 1. The zero-order valence-electron chi connectivity index (χ0n) is 8.98. The van der Waals surface area contributed by atoms with Gasteiger partial charge in [0.25, 0.3) is 0 Å². The molecule has 16 heavy (non-hydrogen) atoms. The Morgan fingerprint density at radius 2 is 2.31 bits per heavy atom. The lowest BCUT2D eigenvalue weighted by Crippen LogP contribution is -2.01. The Morgan fingerprint density at radius 3 is 3.00 bits per heavy atom. The molecule has 0 bridgehead atoms. The maximum atomic E-state index is 11.2. The van der Waals surface area contributed by atoms with Crippen LogP contribution >= 0.6 is 15.9 Å². The first kappa shape index (κ1) is 12.8. The van der Waals surface area contributed by atoms with Gasteiger partial charge in [0.1, 0.15) is 12.4 Å². The first-order valence-electron chi connectivity index (χ1n) is 4.78. The van der Waals surface area contributed by atoms with Gasteiger partial charge in [0, 0.05) is 11.4 Å². The number of esters is 1. The highest BCUT2D eigenvalue weighted by Crippen LogP contribution is 2.13. The van der Waals surface area contributed by atoms with E-state index in [1.54, 1.807) is 13.2 Å². The first-order valence-corrected chi connectivity index (χ1v) is 5.90. The molecule has 0 saturated carbocycles. The average Bonchev–Trinajstić information content (AvgIpc) is 2.34. The van der Waals surface area contributed by atoms with Crippen molar-refractivity contribution >= 4 is 21.9 Å². The van der Waals surface area contributed by atoms with Crippen molar-refractivity contribution in [2.75, 3.05) is 12.4 Å². The van der Waals surface area contributed by atoms with E-state index in [1.165, 1.54) is 6.08 Å². The molecule has 0 atom stereocenters. The SMILES string of the molecule is COc1cccc(COC(=O)C=CCBr)c1. The van der Waals surface area contributed by atoms with Gasteiger partial charge in [0.15, 0.2) is 0 Å². The van der Waals surface area contributed by atoms with Crippen LogP contribution in [0, 0.1) is 0 Å². The van der Waals surface area contributed by atoms with Crippen molar-refractivity contribution in [2.45, 2.75) is 6.61 Å². The van der Waals surface area contributed by atoms with E-state index in [0.717, 1.165) is 11.3 Å². The standard InChI is InChI=1S/C12H13BrO3/c1-15-11-5-2-4-10(8-11)9-16-12(14)6-3-7-13/h2-6,8H,7,9H2,1H3. The summed E-state index contributed by atoms with van der Waals surface area (Å²) in [5.41, 5.74) is 0.903. The molecular weight excluding hydrogens is 272 g/mol. The van der Waals surface area contributed by atoms with Gasteiger partial charge in [-0.05, 0) is 17.7 Å². The first-order chi connectivity index (χ1) is 7.76. The number of carbonyl (C=O) groups excluding carboxylic acids is 1. The van der Waals surface area contributed by atoms with Crippen LogP contribution in [-0.2, 0) is 16.1 Å². The molecule has 1 rings (SSSR count). The van der Waals surface area contributed by atoms with Crippen LogP contribution in [0.4, 0.5) is 0 Å². The van der Waals surface area contributed by atoms with Gasteiger partial charge >= 0.3 is 5.97 Å². The lowest BCUT2D eigenvalue weighted by atomic mass is 10.2. The number of carbonyl (C=O) groups is 1. The molecule has 0 aliphatic heterocycles. The highest BCUT2D eigenvalue weighted by atomic mass is 79.9. The molecule has 0 heterocycles. The summed E-state index contributed by atoms with van der Waals surface area (Å²) in [5, 5.41) is 0.640. The molecular formula is C12H13BrO3. The number of benzene rings is 1. The van der Waals surface area contributed by atoms with Crippen molar-refractivity contribution in [3.63, 3.8) is 0 Å². The zero-order chi connectivity index (χ0) is 11.8. The van der Waals surface area contributed by atoms with Crippen molar-refractivity contribution in [3.8, 4) is 5.75 Å². The molecule has 1 aromatic rings. The number of rotatable bonds is 5. The lowest BCUT2D eigenvalue weighted by molar-refractivity contribution is -0.139. The number of hydrogen-bond donors (Lipinski definition) is 0. The summed E-state index contributed by atoms with van der Waals surface area (Å²) in [5.74, 6) is 0.409. The Labute approximate surface area is 103 Å². The summed E-state index contributed by atoms with van der Waals surface area (Å²) >= 11 is 3.18. The van der Waals surface area contributed by atoms with E-state index >= 15 is 0 Å². The fourth-order valence-electron chi connectivity index (χ4n) is 1.11. The number of hydrogen-bond acceptors (Lipinski definition) is 3. The van der Waals surface area contributed by atoms with E-state index in [1.807, 2.05) is 24.3 Å². The minimum absolute atomic E-state index is 0.253. The van der Waals surface area contributed by atoms with Crippen molar-refractivity contribution in [1.29, 1.82) is 0 Å². The molecule has 0 amide bonds. The Balaban J connectivity index is 2.47. The fourth-order valence-corrected chi connectivity index (χ4v) is 1.29. The molecule has 0 N–H and O–H groups in total. The van der Waals surface area contributed by atoms with E-state index < -0.39 is 0 Å². The van der Waals surface area contributed by atoms with Crippen LogP contribution in [0.25, 0.3) is 0 Å². The quantitative estimate of drug-likeness (QED) is 0.474. The molecule has 1 aromatic carbocycles. The monoisotopic (exact) mass is 284 g/mol. The highest BCUT2D eigenvalue weighted by Gasteiger charge is 1.99. The summed E-state index contributed by atoms with van der Waals surface area (Å²) in [4.78, 5) is 11.2. The maximum Gasteiger partial charge on any atom is 0.330 e. The number of ether oxygens (including phenoxy) is 2. The summed E-state index contributed by atoms with van der Waals surface area (Å²) in [6.45, 7) is 0.253. The van der Waals surface area contributed by atoms with Crippen LogP contribution in [0.1, 0.15) is 5.56 Å². The van der Waals surface area contributed by atoms with Gasteiger partial charge in [0.2, 0.25) is 0 Å². The molecule has 0 unspecified atom stereocenters. The third kappa shape index (κ3) is 4.49. The molecule has 86 valence electrons. The molecule has 0 spiro atoms. The van der Waals surface area contributed by atoms with Crippen LogP contribution in [0.5, 0.6) is 5.75 Å². The topological polar surface area (TPSA) is 35.5 Å². The zero-order valence-corrected chi connectivity index (χ0v) is 10.6. The second-order valence-corrected chi connectivity index (χ2v) is 3.66. The van der Waals surface area contributed by atoms with Gasteiger partial charge in [-0.3, -0.25) is 0 Å². The van der Waals surface area contributed by atoms with Crippen LogP contribution in [0.2, 0.25) is 0 Å². The van der Waals surface area contributed by atoms with E-state index in [9.17, 15) is 4.79 Å². The molecule has 0 radical (unpaired) electrons. The van der Waals surface area contributed by atoms with E-state index in [0.29, 0.717) is 5.33 Å². The van der Waals surface area contributed by atoms with Gasteiger partial charge in [-0.2, -0.15) is 0 Å². The minimum Gasteiger partial charge on any atom is -0.497 e. The van der Waals surface area contributed by atoms with Crippen molar-refractivity contribution in [3.05, 3.63) is 42.0 Å². The Morgan fingerprint density at radius 1 is 1.50 bits per heavy atom. The minimum atomic E-state index is -0.345. The largest absolute Gasteiger partial charge is 0.497 e. The van der Waals surface area contributed by atoms with Crippen molar-refractivity contribution in [2.24, 2.45) is 0 Å². The fraction of sp³-hybridized carbons (Fsp3) is 0.250. The lowest BCUT2D eigenvalue weighted by Gasteiger charge is -2.04. The molecule has 0 fully saturated rings. The van der Waals surface area contributed by atoms with E-state index in [-0.39, 0.29) is 12.6 Å². The second kappa shape index (κ2) is 7.06. The number of methoxy groups -OCH3 is 1. The van der Waals surface area contributed by atoms with Crippen LogP contribution < -0.4 is 4.74 Å².